The second kappa shape index (κ2) is 5.00. The van der Waals surface area contributed by atoms with Gasteiger partial charge in [0.1, 0.15) is 5.82 Å². The van der Waals surface area contributed by atoms with Gasteiger partial charge in [0.15, 0.2) is 0 Å². The van der Waals surface area contributed by atoms with Gasteiger partial charge in [0, 0.05) is 31.5 Å². The lowest BCUT2D eigenvalue weighted by Crippen LogP contribution is -2.21. The van der Waals surface area contributed by atoms with E-state index in [-0.39, 0.29) is 0 Å². The minimum absolute atomic E-state index is 0.296. The van der Waals surface area contributed by atoms with Crippen molar-refractivity contribution in [3.63, 3.8) is 0 Å². The first kappa shape index (κ1) is 11.0. The summed E-state index contributed by atoms with van der Waals surface area (Å²) in [4.78, 5) is 0. The van der Waals surface area contributed by atoms with Gasteiger partial charge in [-0.25, -0.2) is 0 Å². The molecule has 1 aromatic rings. The lowest BCUT2D eigenvalue weighted by atomic mass is 10.3. The van der Waals surface area contributed by atoms with E-state index >= 15 is 0 Å². The molecule has 1 N–H and O–H groups in total. The molecule has 0 saturated heterocycles. The number of anilines is 1. The van der Waals surface area contributed by atoms with Gasteiger partial charge in [0.05, 0.1) is 6.61 Å². The Morgan fingerprint density at radius 1 is 1.64 bits per heavy atom. The van der Waals surface area contributed by atoms with Crippen LogP contribution in [-0.4, -0.2) is 29.0 Å². The summed E-state index contributed by atoms with van der Waals surface area (Å²) in [5.74, 6) is 0.914. The molecule has 14 heavy (non-hydrogen) atoms. The third-order valence-corrected chi connectivity index (χ3v) is 2.08. The lowest BCUT2D eigenvalue weighted by Gasteiger charge is -2.12. The highest BCUT2D eigenvalue weighted by molar-refractivity contribution is 5.36. The van der Waals surface area contributed by atoms with Gasteiger partial charge in [-0.15, -0.1) is 0 Å². The number of rotatable bonds is 5. The van der Waals surface area contributed by atoms with E-state index in [1.807, 2.05) is 31.6 Å². The molecule has 1 unspecified atom stereocenters. The molecular formula is C10H19N3O. The molecule has 0 aromatic carbocycles. The van der Waals surface area contributed by atoms with Crippen LogP contribution in [0, 0.1) is 6.92 Å². The predicted molar refractivity (Wildman–Crippen MR) is 57.5 cm³/mol. The normalized spacial score (nSPS) is 12.9. The zero-order valence-corrected chi connectivity index (χ0v) is 9.37. The number of aromatic nitrogens is 2. The predicted octanol–water partition coefficient (Wildman–Crippen LogP) is 1.57. The van der Waals surface area contributed by atoms with Crippen LogP contribution in [0.2, 0.25) is 0 Å². The fourth-order valence-corrected chi connectivity index (χ4v) is 1.22. The minimum atomic E-state index is 0.296. The van der Waals surface area contributed by atoms with Crippen LogP contribution >= 0.6 is 0 Å². The van der Waals surface area contributed by atoms with Crippen molar-refractivity contribution in [1.29, 1.82) is 0 Å². The van der Waals surface area contributed by atoms with Gasteiger partial charge in [0.25, 0.3) is 0 Å². The highest BCUT2D eigenvalue weighted by Crippen LogP contribution is 2.08. The Kier molecular flexibility index (Phi) is 3.95. The van der Waals surface area contributed by atoms with Crippen LogP contribution in [0.3, 0.4) is 0 Å². The molecule has 0 aliphatic rings. The van der Waals surface area contributed by atoms with Gasteiger partial charge in [-0.3, -0.25) is 4.68 Å². The van der Waals surface area contributed by atoms with Crippen molar-refractivity contribution in [3.05, 3.63) is 11.8 Å². The Bertz CT molecular complexity index is 263. The first-order valence-corrected chi connectivity index (χ1v) is 4.98. The number of nitrogens with one attached hydrogen (secondary N) is 1. The number of hydrogen-bond donors (Lipinski definition) is 1. The van der Waals surface area contributed by atoms with Crippen molar-refractivity contribution >= 4 is 5.82 Å². The average Bonchev–Trinajstić information content (AvgIpc) is 2.42. The van der Waals surface area contributed by atoms with Crippen molar-refractivity contribution in [2.24, 2.45) is 7.05 Å². The first-order chi connectivity index (χ1) is 6.63. The molecule has 80 valence electrons. The zero-order chi connectivity index (χ0) is 10.6. The molecule has 0 saturated carbocycles. The highest BCUT2D eigenvalue weighted by Gasteiger charge is 2.05. The van der Waals surface area contributed by atoms with Gasteiger partial charge in [-0.2, -0.15) is 5.10 Å². The van der Waals surface area contributed by atoms with Crippen molar-refractivity contribution in [3.8, 4) is 0 Å². The molecule has 0 fully saturated rings. The maximum Gasteiger partial charge on any atom is 0.148 e. The summed E-state index contributed by atoms with van der Waals surface area (Å²) < 4.78 is 7.16. The van der Waals surface area contributed by atoms with Crippen LogP contribution in [0.1, 0.15) is 19.5 Å². The summed E-state index contributed by atoms with van der Waals surface area (Å²) >= 11 is 0. The Morgan fingerprint density at radius 3 is 2.86 bits per heavy atom. The Hall–Kier alpha value is -1.03. The second-order valence-electron chi connectivity index (χ2n) is 3.50. The third-order valence-electron chi connectivity index (χ3n) is 2.08. The van der Waals surface area contributed by atoms with Crippen LogP contribution in [0.5, 0.6) is 0 Å². The standard InChI is InChI=1S/C10H19N3O/c1-5-14-7-8(2)11-10-6-9(3)13(4)12-10/h6,8H,5,7H2,1-4H3,(H,11,12). The van der Waals surface area contributed by atoms with Gasteiger partial charge < -0.3 is 10.1 Å². The number of ether oxygens (including phenoxy) is 1. The second-order valence-corrected chi connectivity index (χ2v) is 3.50. The average molecular weight is 197 g/mol. The molecule has 0 radical (unpaired) electrons. The van der Waals surface area contributed by atoms with Gasteiger partial charge in [0.2, 0.25) is 0 Å². The van der Waals surface area contributed by atoms with E-state index < -0.39 is 0 Å². The largest absolute Gasteiger partial charge is 0.380 e. The summed E-state index contributed by atoms with van der Waals surface area (Å²) in [6.07, 6.45) is 0. The number of hydrogen-bond acceptors (Lipinski definition) is 3. The van der Waals surface area contributed by atoms with Gasteiger partial charge >= 0.3 is 0 Å². The molecule has 1 rings (SSSR count). The maximum absolute atomic E-state index is 5.31. The number of nitrogens with zero attached hydrogens (tertiary/aromatic N) is 2. The molecule has 0 aliphatic heterocycles. The van der Waals surface area contributed by atoms with Gasteiger partial charge in [-0.05, 0) is 20.8 Å². The SMILES string of the molecule is CCOCC(C)Nc1cc(C)n(C)n1. The minimum Gasteiger partial charge on any atom is -0.380 e. The maximum atomic E-state index is 5.31. The van der Waals surface area contributed by atoms with E-state index in [1.165, 1.54) is 0 Å². The number of aryl methyl sites for hydroxylation is 2. The summed E-state index contributed by atoms with van der Waals surface area (Å²) in [5, 5.41) is 7.59. The molecule has 4 heteroatoms. The van der Waals surface area contributed by atoms with Gasteiger partial charge in [-0.1, -0.05) is 0 Å². The first-order valence-electron chi connectivity index (χ1n) is 4.98. The molecule has 1 aromatic heterocycles. The van der Waals surface area contributed by atoms with Crippen LogP contribution in [0.15, 0.2) is 6.07 Å². The van der Waals surface area contributed by atoms with Crippen molar-refractivity contribution < 1.29 is 4.74 Å². The summed E-state index contributed by atoms with van der Waals surface area (Å²) in [6.45, 7) is 7.59. The van der Waals surface area contributed by atoms with E-state index in [1.54, 1.807) is 0 Å². The fourth-order valence-electron chi connectivity index (χ4n) is 1.22. The van der Waals surface area contributed by atoms with E-state index in [0.29, 0.717) is 12.6 Å². The van der Waals surface area contributed by atoms with Crippen LogP contribution in [0.4, 0.5) is 5.82 Å². The molecule has 1 heterocycles. The highest BCUT2D eigenvalue weighted by atomic mass is 16.5. The quantitative estimate of drug-likeness (QED) is 0.778. The molecule has 4 nitrogen and oxygen atoms in total. The fraction of sp³-hybridized carbons (Fsp3) is 0.700. The smallest absolute Gasteiger partial charge is 0.148 e. The van der Waals surface area contributed by atoms with Crippen LogP contribution in [-0.2, 0) is 11.8 Å². The van der Waals surface area contributed by atoms with E-state index in [0.717, 1.165) is 18.1 Å². The van der Waals surface area contributed by atoms with E-state index in [9.17, 15) is 0 Å². The monoisotopic (exact) mass is 197 g/mol. The van der Waals surface area contributed by atoms with E-state index in [4.69, 9.17) is 4.74 Å². The third kappa shape index (κ3) is 3.03. The molecule has 1 atom stereocenters. The van der Waals surface area contributed by atoms with Crippen molar-refractivity contribution in [2.45, 2.75) is 26.8 Å². The Morgan fingerprint density at radius 2 is 2.36 bits per heavy atom. The molecule has 0 spiro atoms. The summed E-state index contributed by atoms with van der Waals surface area (Å²) in [5.41, 5.74) is 1.15. The molecule has 0 amide bonds. The van der Waals surface area contributed by atoms with Crippen LogP contribution in [0.25, 0.3) is 0 Å². The topological polar surface area (TPSA) is 39.1 Å². The van der Waals surface area contributed by atoms with E-state index in [2.05, 4.69) is 17.3 Å². The molecule has 0 aliphatic carbocycles. The van der Waals surface area contributed by atoms with Crippen molar-refractivity contribution in [1.82, 2.24) is 9.78 Å². The van der Waals surface area contributed by atoms with Crippen LogP contribution < -0.4 is 5.32 Å². The Balaban J connectivity index is 2.43. The lowest BCUT2D eigenvalue weighted by molar-refractivity contribution is 0.141. The molecular weight excluding hydrogens is 178 g/mol. The summed E-state index contributed by atoms with van der Waals surface area (Å²) in [6, 6.07) is 2.33. The van der Waals surface area contributed by atoms with Crippen molar-refractivity contribution in [2.75, 3.05) is 18.5 Å². The molecule has 0 bridgehead atoms. The Labute approximate surface area is 85.3 Å². The summed E-state index contributed by atoms with van der Waals surface area (Å²) in [7, 11) is 1.94. The zero-order valence-electron chi connectivity index (χ0n) is 9.37.